The standard InChI is InChI=1S/C23H26N4O/c1-3-7-16(2)12-17-8-6-9-18(13-17)21-14-22(27-23(24)25-15-28)19-10-4-5-11-20(19)26-21/h4-6,8-11,13-16H,3,7,12H2,1-2H3,(H3,24,25,26,27,28). The highest BCUT2D eigenvalue weighted by Gasteiger charge is 2.09. The molecule has 0 saturated carbocycles. The fraction of sp³-hybridized carbons (Fsp3) is 0.261. The minimum absolute atomic E-state index is 0.0550. The molecule has 1 aromatic heterocycles. The molecule has 3 aromatic rings. The molecule has 3 N–H and O–H groups in total. The predicted molar refractivity (Wildman–Crippen MR) is 115 cm³/mol. The van der Waals surface area contributed by atoms with Crippen LogP contribution in [-0.2, 0) is 11.2 Å². The normalized spacial score (nSPS) is 12.7. The summed E-state index contributed by atoms with van der Waals surface area (Å²) in [6.45, 7) is 4.51. The highest BCUT2D eigenvalue weighted by atomic mass is 16.1. The number of rotatable bonds is 7. The number of amides is 1. The van der Waals surface area contributed by atoms with Crippen molar-refractivity contribution in [2.75, 3.05) is 0 Å². The van der Waals surface area contributed by atoms with Crippen LogP contribution < -0.4 is 11.1 Å². The Kier molecular flexibility index (Phi) is 6.37. The van der Waals surface area contributed by atoms with Crippen LogP contribution in [0.5, 0.6) is 0 Å². The summed E-state index contributed by atoms with van der Waals surface area (Å²) in [6, 6.07) is 18.2. The second-order valence-electron chi connectivity index (χ2n) is 7.10. The molecule has 1 unspecified atom stereocenters. The van der Waals surface area contributed by atoms with E-state index in [4.69, 9.17) is 10.7 Å². The summed E-state index contributed by atoms with van der Waals surface area (Å²) in [5.41, 5.74) is 10.5. The monoisotopic (exact) mass is 374 g/mol. The number of carbonyl (C=O) groups excluding carboxylic acids is 1. The van der Waals surface area contributed by atoms with Crippen molar-refractivity contribution in [2.24, 2.45) is 16.6 Å². The molecule has 1 heterocycles. The Hall–Kier alpha value is -3.21. The molecular weight excluding hydrogens is 348 g/mol. The first-order valence-corrected chi connectivity index (χ1v) is 9.64. The Labute approximate surface area is 165 Å². The Morgan fingerprint density at radius 2 is 2.04 bits per heavy atom. The quantitative estimate of drug-likeness (QED) is 0.361. The number of fused-ring (bicyclic) bond motifs is 1. The first-order valence-electron chi connectivity index (χ1n) is 9.64. The molecule has 0 radical (unpaired) electrons. The van der Waals surface area contributed by atoms with Crippen molar-refractivity contribution >= 4 is 29.0 Å². The van der Waals surface area contributed by atoms with Gasteiger partial charge in [-0.1, -0.05) is 63.1 Å². The average Bonchev–Trinajstić information content (AvgIpc) is 2.68. The highest BCUT2D eigenvalue weighted by Crippen LogP contribution is 2.31. The third-order valence-corrected chi connectivity index (χ3v) is 4.73. The lowest BCUT2D eigenvalue weighted by Crippen LogP contribution is -2.29. The fourth-order valence-electron chi connectivity index (χ4n) is 3.47. The van der Waals surface area contributed by atoms with Gasteiger partial charge in [-0.2, -0.15) is 0 Å². The van der Waals surface area contributed by atoms with Crippen LogP contribution in [0.15, 0.2) is 59.6 Å². The number of para-hydroxylation sites is 1. The van der Waals surface area contributed by atoms with Gasteiger partial charge >= 0.3 is 0 Å². The molecule has 5 heteroatoms. The van der Waals surface area contributed by atoms with Gasteiger partial charge in [-0.25, -0.2) is 9.98 Å². The first kappa shape index (κ1) is 19.5. The van der Waals surface area contributed by atoms with Crippen LogP contribution in [0.3, 0.4) is 0 Å². The number of benzene rings is 2. The van der Waals surface area contributed by atoms with E-state index < -0.39 is 0 Å². The van der Waals surface area contributed by atoms with Crippen LogP contribution in [0.2, 0.25) is 0 Å². The third kappa shape index (κ3) is 4.74. The zero-order valence-corrected chi connectivity index (χ0v) is 16.4. The van der Waals surface area contributed by atoms with Gasteiger partial charge in [0, 0.05) is 10.9 Å². The summed E-state index contributed by atoms with van der Waals surface area (Å²) in [6.07, 6.45) is 3.99. The Bertz CT molecular complexity index is 997. The van der Waals surface area contributed by atoms with Crippen LogP contribution >= 0.6 is 0 Å². The second kappa shape index (κ2) is 9.13. The first-order chi connectivity index (χ1) is 13.6. The molecule has 0 aliphatic carbocycles. The van der Waals surface area contributed by atoms with Crippen LogP contribution in [0.1, 0.15) is 32.3 Å². The maximum absolute atomic E-state index is 10.6. The summed E-state index contributed by atoms with van der Waals surface area (Å²) < 4.78 is 0. The predicted octanol–water partition coefficient (Wildman–Crippen LogP) is 4.57. The Morgan fingerprint density at radius 1 is 1.21 bits per heavy atom. The van der Waals surface area contributed by atoms with Crippen molar-refractivity contribution in [2.45, 2.75) is 33.1 Å². The topological polar surface area (TPSA) is 80.4 Å². The van der Waals surface area contributed by atoms with Crippen LogP contribution in [-0.4, -0.2) is 17.4 Å². The zero-order valence-electron chi connectivity index (χ0n) is 16.4. The largest absolute Gasteiger partial charge is 0.369 e. The van der Waals surface area contributed by atoms with Crippen LogP contribution in [0.25, 0.3) is 22.2 Å². The molecule has 1 atom stereocenters. The number of aliphatic imine (C=N–C) groups is 1. The molecular formula is C23H26N4O. The number of nitrogens with zero attached hydrogens (tertiary/aromatic N) is 2. The maximum atomic E-state index is 10.6. The van der Waals surface area contributed by atoms with Gasteiger partial charge in [0.25, 0.3) is 0 Å². The van der Waals surface area contributed by atoms with Crippen molar-refractivity contribution in [3.8, 4) is 11.3 Å². The molecule has 3 rings (SSSR count). The van der Waals surface area contributed by atoms with Crippen molar-refractivity contribution in [1.29, 1.82) is 0 Å². The van der Waals surface area contributed by atoms with Gasteiger partial charge < -0.3 is 5.73 Å². The molecule has 0 aliphatic rings. The van der Waals surface area contributed by atoms with E-state index in [0.717, 1.165) is 28.6 Å². The zero-order chi connectivity index (χ0) is 19.9. The number of carbonyl (C=O) groups is 1. The summed E-state index contributed by atoms with van der Waals surface area (Å²) in [5.74, 6) is 0.707. The average molecular weight is 374 g/mol. The summed E-state index contributed by atoms with van der Waals surface area (Å²) in [5, 5.41) is 3.27. The van der Waals surface area contributed by atoms with E-state index >= 15 is 0 Å². The van der Waals surface area contributed by atoms with Crippen LogP contribution in [0.4, 0.5) is 5.69 Å². The van der Waals surface area contributed by atoms with E-state index in [2.05, 4.69) is 48.4 Å². The molecule has 28 heavy (non-hydrogen) atoms. The molecule has 0 bridgehead atoms. The van der Waals surface area contributed by atoms with E-state index in [1.165, 1.54) is 18.4 Å². The molecule has 0 fully saturated rings. The molecule has 2 aromatic carbocycles. The third-order valence-electron chi connectivity index (χ3n) is 4.73. The van der Waals surface area contributed by atoms with E-state index in [1.54, 1.807) is 0 Å². The number of nitrogens with one attached hydrogen (secondary N) is 1. The lowest BCUT2D eigenvalue weighted by molar-refractivity contribution is -0.108. The van der Waals surface area contributed by atoms with Crippen molar-refractivity contribution in [3.05, 3.63) is 60.2 Å². The number of nitrogens with two attached hydrogens (primary N) is 1. The fourth-order valence-corrected chi connectivity index (χ4v) is 3.47. The van der Waals surface area contributed by atoms with Crippen LogP contribution in [0, 0.1) is 5.92 Å². The van der Waals surface area contributed by atoms with Crippen molar-refractivity contribution in [1.82, 2.24) is 10.3 Å². The number of guanidine groups is 1. The van der Waals surface area contributed by atoms with E-state index in [0.29, 0.717) is 18.0 Å². The van der Waals surface area contributed by atoms with Gasteiger partial charge in [-0.15, -0.1) is 0 Å². The summed E-state index contributed by atoms with van der Waals surface area (Å²) >= 11 is 0. The van der Waals surface area contributed by atoms with Gasteiger partial charge in [-0.05, 0) is 36.1 Å². The van der Waals surface area contributed by atoms with E-state index in [-0.39, 0.29) is 5.96 Å². The smallest absolute Gasteiger partial charge is 0.213 e. The molecule has 5 nitrogen and oxygen atoms in total. The second-order valence-corrected chi connectivity index (χ2v) is 7.10. The SMILES string of the molecule is CCCC(C)Cc1cccc(-c2cc(N=C(N)NC=O)c3ccccc3n2)c1. The Balaban J connectivity index is 2.04. The van der Waals surface area contributed by atoms with Gasteiger partial charge in [0.05, 0.1) is 16.9 Å². The molecule has 0 saturated heterocycles. The summed E-state index contributed by atoms with van der Waals surface area (Å²) in [4.78, 5) is 19.8. The number of aromatic nitrogens is 1. The van der Waals surface area contributed by atoms with Crippen molar-refractivity contribution < 1.29 is 4.79 Å². The van der Waals surface area contributed by atoms with Gasteiger partial charge in [0.2, 0.25) is 6.41 Å². The van der Waals surface area contributed by atoms with Gasteiger partial charge in [-0.3, -0.25) is 10.1 Å². The Morgan fingerprint density at radius 3 is 2.82 bits per heavy atom. The molecule has 0 aliphatic heterocycles. The molecule has 0 spiro atoms. The lowest BCUT2D eigenvalue weighted by atomic mass is 9.95. The number of hydrogen-bond acceptors (Lipinski definition) is 3. The van der Waals surface area contributed by atoms with Crippen molar-refractivity contribution in [3.63, 3.8) is 0 Å². The summed E-state index contributed by atoms with van der Waals surface area (Å²) in [7, 11) is 0. The minimum Gasteiger partial charge on any atom is -0.369 e. The molecule has 1 amide bonds. The number of hydrogen-bond donors (Lipinski definition) is 2. The lowest BCUT2D eigenvalue weighted by Gasteiger charge is -2.12. The van der Waals surface area contributed by atoms with Gasteiger partial charge in [0.1, 0.15) is 0 Å². The van der Waals surface area contributed by atoms with Gasteiger partial charge in [0.15, 0.2) is 5.96 Å². The molecule has 144 valence electrons. The maximum Gasteiger partial charge on any atom is 0.213 e. The highest BCUT2D eigenvalue weighted by molar-refractivity contribution is 5.97. The van der Waals surface area contributed by atoms with E-state index in [9.17, 15) is 4.79 Å². The van der Waals surface area contributed by atoms with E-state index in [1.807, 2.05) is 30.3 Å². The minimum atomic E-state index is 0.0550. The number of pyridine rings is 1.